The summed E-state index contributed by atoms with van der Waals surface area (Å²) >= 11 is 7.28. The normalized spacial score (nSPS) is 10.6. The van der Waals surface area contributed by atoms with Crippen LogP contribution in [-0.2, 0) is 4.79 Å². The lowest BCUT2D eigenvalue weighted by Gasteiger charge is -2.07. The molecule has 0 radical (unpaired) electrons. The van der Waals surface area contributed by atoms with Gasteiger partial charge >= 0.3 is 0 Å². The molecule has 0 bridgehead atoms. The van der Waals surface area contributed by atoms with Crippen molar-refractivity contribution in [2.75, 3.05) is 11.9 Å². The number of hydrogen-bond acceptors (Lipinski definition) is 6. The van der Waals surface area contributed by atoms with Gasteiger partial charge in [0.2, 0.25) is 5.91 Å². The van der Waals surface area contributed by atoms with E-state index < -0.39 is 4.92 Å². The number of ether oxygens (including phenoxy) is 1. The molecule has 3 rings (SSSR count). The van der Waals surface area contributed by atoms with Gasteiger partial charge in [-0.1, -0.05) is 11.6 Å². The maximum atomic E-state index is 12.1. The lowest BCUT2D eigenvalue weighted by molar-refractivity contribution is -0.384. The Kier molecular flexibility index (Phi) is 6.79. The van der Waals surface area contributed by atoms with Gasteiger partial charge in [0.05, 0.1) is 17.2 Å². The number of rotatable bonds is 8. The number of thiazole rings is 1. The molecule has 29 heavy (non-hydrogen) atoms. The van der Waals surface area contributed by atoms with Crippen LogP contribution in [0.3, 0.4) is 0 Å². The van der Waals surface area contributed by atoms with Gasteiger partial charge < -0.3 is 10.1 Å². The van der Waals surface area contributed by atoms with E-state index in [1.807, 2.05) is 13.0 Å². The second-order valence-corrected chi connectivity index (χ2v) is 7.52. The average molecular weight is 432 g/mol. The number of hydrogen-bond donors (Lipinski definition) is 1. The summed E-state index contributed by atoms with van der Waals surface area (Å²) in [5.41, 5.74) is 2.36. The first-order valence-corrected chi connectivity index (χ1v) is 10.1. The minimum absolute atomic E-state index is 0.0217. The Morgan fingerprint density at radius 3 is 2.72 bits per heavy atom. The number of carbonyl (C=O) groups is 1. The van der Waals surface area contributed by atoms with Crippen molar-refractivity contribution >= 4 is 39.7 Å². The molecular formula is C20H18ClN3O4S. The lowest BCUT2D eigenvalue weighted by Crippen LogP contribution is -2.12. The number of nitro benzene ring substituents is 1. The van der Waals surface area contributed by atoms with Crippen molar-refractivity contribution in [1.82, 2.24) is 4.98 Å². The van der Waals surface area contributed by atoms with E-state index in [2.05, 4.69) is 10.3 Å². The van der Waals surface area contributed by atoms with Crippen molar-refractivity contribution < 1.29 is 14.5 Å². The van der Waals surface area contributed by atoms with Crippen molar-refractivity contribution in [3.63, 3.8) is 0 Å². The predicted octanol–water partition coefficient (Wildman–Crippen LogP) is 5.48. The van der Waals surface area contributed by atoms with E-state index in [0.29, 0.717) is 35.3 Å². The second-order valence-electron chi connectivity index (χ2n) is 6.25. The van der Waals surface area contributed by atoms with E-state index in [-0.39, 0.29) is 11.6 Å². The average Bonchev–Trinajstić information content (AvgIpc) is 3.16. The quantitative estimate of drug-likeness (QED) is 0.289. The van der Waals surface area contributed by atoms with Crippen LogP contribution in [0.15, 0.2) is 47.8 Å². The van der Waals surface area contributed by atoms with Crippen molar-refractivity contribution in [2.45, 2.75) is 19.8 Å². The first kappa shape index (κ1) is 20.8. The molecule has 7 nitrogen and oxygen atoms in total. The maximum Gasteiger partial charge on any atom is 0.269 e. The fourth-order valence-electron chi connectivity index (χ4n) is 2.53. The van der Waals surface area contributed by atoms with Crippen LogP contribution in [0.4, 0.5) is 10.8 Å². The number of non-ortho nitro benzene ring substituents is 1. The molecule has 0 spiro atoms. The summed E-state index contributed by atoms with van der Waals surface area (Å²) in [4.78, 5) is 26.7. The van der Waals surface area contributed by atoms with Crippen molar-refractivity contribution in [3.8, 4) is 17.0 Å². The molecule has 1 amide bonds. The molecule has 0 fully saturated rings. The number of anilines is 1. The van der Waals surface area contributed by atoms with Crippen LogP contribution in [0.1, 0.15) is 18.4 Å². The lowest BCUT2D eigenvalue weighted by atomic mass is 10.1. The van der Waals surface area contributed by atoms with E-state index >= 15 is 0 Å². The molecule has 3 aromatic rings. The van der Waals surface area contributed by atoms with Gasteiger partial charge in [0, 0.05) is 34.5 Å². The fraction of sp³-hybridized carbons (Fsp3) is 0.200. The van der Waals surface area contributed by atoms with Crippen LogP contribution in [-0.4, -0.2) is 22.4 Å². The molecule has 0 aliphatic carbocycles. The zero-order valence-corrected chi connectivity index (χ0v) is 17.1. The SMILES string of the molecule is Cc1cc(OCCCC(=O)Nc2nc(-c3ccc([N+](=O)[O-])cc3)cs2)ccc1Cl. The van der Waals surface area contributed by atoms with Gasteiger partial charge in [0.15, 0.2) is 5.13 Å². The first-order chi connectivity index (χ1) is 13.9. The highest BCUT2D eigenvalue weighted by molar-refractivity contribution is 7.14. The standard InChI is InChI=1S/C20H18ClN3O4S/c1-13-11-16(8-9-17(13)21)28-10-2-3-19(25)23-20-22-18(12-29-20)14-4-6-15(7-5-14)24(26)27/h4-9,11-12H,2-3,10H2,1H3,(H,22,23,25). The van der Waals surface area contributed by atoms with E-state index in [9.17, 15) is 14.9 Å². The van der Waals surface area contributed by atoms with Crippen molar-refractivity contribution in [2.24, 2.45) is 0 Å². The molecule has 1 aromatic heterocycles. The third-order valence-electron chi connectivity index (χ3n) is 4.07. The summed E-state index contributed by atoms with van der Waals surface area (Å²) < 4.78 is 5.63. The first-order valence-electron chi connectivity index (χ1n) is 8.81. The maximum absolute atomic E-state index is 12.1. The molecule has 0 unspecified atom stereocenters. The smallest absolute Gasteiger partial charge is 0.269 e. The van der Waals surface area contributed by atoms with Crippen LogP contribution < -0.4 is 10.1 Å². The Bertz CT molecular complexity index is 1020. The molecule has 0 saturated carbocycles. The highest BCUT2D eigenvalue weighted by Gasteiger charge is 2.10. The monoisotopic (exact) mass is 431 g/mol. The highest BCUT2D eigenvalue weighted by atomic mass is 35.5. The number of benzene rings is 2. The Morgan fingerprint density at radius 1 is 1.28 bits per heavy atom. The molecule has 0 saturated heterocycles. The topological polar surface area (TPSA) is 94.4 Å². The van der Waals surface area contributed by atoms with Gasteiger partial charge in [0.1, 0.15) is 5.75 Å². The molecule has 2 aromatic carbocycles. The fourth-order valence-corrected chi connectivity index (χ4v) is 3.38. The van der Waals surface area contributed by atoms with Crippen LogP contribution in [0.2, 0.25) is 5.02 Å². The van der Waals surface area contributed by atoms with Gasteiger partial charge in [-0.15, -0.1) is 11.3 Å². The largest absolute Gasteiger partial charge is 0.494 e. The minimum Gasteiger partial charge on any atom is -0.494 e. The summed E-state index contributed by atoms with van der Waals surface area (Å²) in [5, 5.41) is 16.5. The Balaban J connectivity index is 1.46. The van der Waals surface area contributed by atoms with Gasteiger partial charge in [-0.2, -0.15) is 0 Å². The van der Waals surface area contributed by atoms with Gasteiger partial charge in [-0.3, -0.25) is 14.9 Å². The molecular weight excluding hydrogens is 414 g/mol. The molecule has 0 atom stereocenters. The number of nitro groups is 1. The van der Waals surface area contributed by atoms with Gasteiger partial charge in [0.25, 0.3) is 5.69 Å². The summed E-state index contributed by atoms with van der Waals surface area (Å²) in [6.07, 6.45) is 0.868. The highest BCUT2D eigenvalue weighted by Crippen LogP contribution is 2.26. The number of nitrogens with one attached hydrogen (secondary N) is 1. The number of aryl methyl sites for hydroxylation is 1. The minimum atomic E-state index is -0.450. The number of aromatic nitrogens is 1. The molecule has 1 N–H and O–H groups in total. The van der Waals surface area contributed by atoms with Crippen LogP contribution in [0, 0.1) is 17.0 Å². The summed E-state index contributed by atoms with van der Waals surface area (Å²) in [7, 11) is 0. The molecule has 150 valence electrons. The van der Waals surface area contributed by atoms with Gasteiger partial charge in [-0.05, 0) is 49.2 Å². The molecule has 0 aliphatic rings. The van der Waals surface area contributed by atoms with Crippen LogP contribution in [0.5, 0.6) is 5.75 Å². The van der Waals surface area contributed by atoms with Crippen molar-refractivity contribution in [1.29, 1.82) is 0 Å². The predicted molar refractivity (Wildman–Crippen MR) is 114 cm³/mol. The van der Waals surface area contributed by atoms with E-state index in [1.54, 1.807) is 29.6 Å². The van der Waals surface area contributed by atoms with Crippen LogP contribution in [0.25, 0.3) is 11.3 Å². The van der Waals surface area contributed by atoms with E-state index in [4.69, 9.17) is 16.3 Å². The summed E-state index contributed by atoms with van der Waals surface area (Å²) in [5.74, 6) is 0.574. The molecule has 0 aliphatic heterocycles. The number of amides is 1. The Morgan fingerprint density at radius 2 is 2.03 bits per heavy atom. The summed E-state index contributed by atoms with van der Waals surface area (Å²) in [6, 6.07) is 11.6. The van der Waals surface area contributed by atoms with Crippen LogP contribution >= 0.6 is 22.9 Å². The third kappa shape index (κ3) is 5.75. The van der Waals surface area contributed by atoms with E-state index in [1.165, 1.54) is 23.5 Å². The number of nitrogens with zero attached hydrogens (tertiary/aromatic N) is 2. The Hall–Kier alpha value is -2.97. The zero-order valence-electron chi connectivity index (χ0n) is 15.6. The summed E-state index contributed by atoms with van der Waals surface area (Å²) in [6.45, 7) is 2.32. The van der Waals surface area contributed by atoms with E-state index in [0.717, 1.165) is 16.9 Å². The van der Waals surface area contributed by atoms with Crippen molar-refractivity contribution in [3.05, 3.63) is 68.5 Å². The number of halogens is 1. The molecule has 1 heterocycles. The third-order valence-corrected chi connectivity index (χ3v) is 5.25. The number of carbonyl (C=O) groups excluding carboxylic acids is 1. The molecule has 9 heteroatoms. The Labute approximate surface area is 176 Å². The zero-order chi connectivity index (χ0) is 20.8. The van der Waals surface area contributed by atoms with Gasteiger partial charge in [-0.25, -0.2) is 4.98 Å². The second kappa shape index (κ2) is 9.49.